The first kappa shape index (κ1) is 13.9. The predicted molar refractivity (Wildman–Crippen MR) is 56.1 cm³/mol. The van der Waals surface area contributed by atoms with Gasteiger partial charge in [-0.15, -0.1) is 5.43 Å². The smallest absolute Gasteiger partial charge is 0.334 e. The Bertz CT molecular complexity index is 301. The van der Waals surface area contributed by atoms with E-state index in [9.17, 15) is 14.9 Å². The van der Waals surface area contributed by atoms with E-state index in [1.165, 1.54) is 6.92 Å². The zero-order chi connectivity index (χ0) is 12.8. The molecule has 0 aromatic heterocycles. The molecule has 0 saturated carbocycles. The first-order valence-electron chi connectivity index (χ1n) is 4.49. The van der Waals surface area contributed by atoms with Crippen LogP contribution in [0.5, 0.6) is 0 Å². The van der Waals surface area contributed by atoms with Crippen LogP contribution < -0.4 is 16.9 Å². The van der Waals surface area contributed by atoms with Crippen molar-refractivity contribution in [3.8, 4) is 0 Å². The summed E-state index contributed by atoms with van der Waals surface area (Å²) in [6, 6.07) is 0. The van der Waals surface area contributed by atoms with Gasteiger partial charge in [0.15, 0.2) is 16.5 Å². The topological polar surface area (TPSA) is 157 Å². The first-order valence-corrected chi connectivity index (χ1v) is 4.49. The van der Waals surface area contributed by atoms with Crippen LogP contribution in [0.15, 0.2) is 4.99 Å². The Morgan fingerprint density at radius 3 is 2.56 bits per heavy atom. The molecule has 0 radical (unpaired) electrons. The molecule has 9 heteroatoms. The van der Waals surface area contributed by atoms with Crippen molar-refractivity contribution >= 4 is 11.9 Å². The Balaban J connectivity index is 4.29. The van der Waals surface area contributed by atoms with Gasteiger partial charge in [-0.05, 0) is 19.8 Å². The number of carboxylic acid groups (broad SMARTS) is 1. The Morgan fingerprint density at radius 1 is 1.62 bits per heavy atom. The van der Waals surface area contributed by atoms with Gasteiger partial charge in [0.2, 0.25) is 0 Å². The van der Waals surface area contributed by atoms with E-state index >= 15 is 0 Å². The molecule has 1 unspecified atom stereocenters. The molecule has 0 bridgehead atoms. The summed E-state index contributed by atoms with van der Waals surface area (Å²) in [5.41, 5.74) is 10.3. The molecule has 16 heavy (non-hydrogen) atoms. The lowest BCUT2D eigenvalue weighted by atomic mass is 9.97. The van der Waals surface area contributed by atoms with Crippen molar-refractivity contribution in [2.75, 3.05) is 6.54 Å². The molecule has 0 aromatic carbocycles. The maximum absolute atomic E-state index is 10.8. The zero-order valence-corrected chi connectivity index (χ0v) is 8.84. The first-order chi connectivity index (χ1) is 7.28. The van der Waals surface area contributed by atoms with Crippen molar-refractivity contribution in [2.45, 2.75) is 25.3 Å². The molecule has 9 nitrogen and oxygen atoms in total. The van der Waals surface area contributed by atoms with Crippen molar-refractivity contribution in [3.63, 3.8) is 0 Å². The van der Waals surface area contributed by atoms with E-state index in [0.717, 1.165) is 0 Å². The van der Waals surface area contributed by atoms with Gasteiger partial charge in [-0.25, -0.2) is 14.9 Å². The van der Waals surface area contributed by atoms with Gasteiger partial charge < -0.3 is 16.6 Å². The number of rotatable bonds is 7. The van der Waals surface area contributed by atoms with Gasteiger partial charge in [-0.3, -0.25) is 4.99 Å². The Labute approximate surface area is 91.6 Å². The Kier molecular flexibility index (Phi) is 4.99. The van der Waals surface area contributed by atoms with Gasteiger partial charge in [0.25, 0.3) is 0 Å². The molecular formula is C7H15N5O4. The van der Waals surface area contributed by atoms with Crippen LogP contribution in [0.4, 0.5) is 0 Å². The molecule has 0 spiro atoms. The molecule has 0 fully saturated rings. The highest BCUT2D eigenvalue weighted by molar-refractivity contribution is 5.78. The van der Waals surface area contributed by atoms with Crippen LogP contribution in [0.2, 0.25) is 0 Å². The van der Waals surface area contributed by atoms with E-state index in [4.69, 9.17) is 16.6 Å². The van der Waals surface area contributed by atoms with Gasteiger partial charge in [-0.1, -0.05) is 0 Å². The molecule has 6 N–H and O–H groups in total. The largest absolute Gasteiger partial charge is 0.479 e. The minimum atomic E-state index is -1.62. The highest BCUT2D eigenvalue weighted by Crippen LogP contribution is 2.12. The van der Waals surface area contributed by atoms with Crippen molar-refractivity contribution < 1.29 is 14.9 Å². The predicted octanol–water partition coefficient (Wildman–Crippen LogP) is -1.34. The highest BCUT2D eigenvalue weighted by atomic mass is 16.7. The molecule has 0 aliphatic carbocycles. The number of aliphatic carboxylic acids is 1. The summed E-state index contributed by atoms with van der Waals surface area (Å²) in [6.07, 6.45) is 0.363. The molecular weight excluding hydrogens is 218 g/mol. The summed E-state index contributed by atoms with van der Waals surface area (Å²) in [7, 11) is 0. The molecule has 0 saturated heterocycles. The third-order valence-corrected chi connectivity index (χ3v) is 1.94. The second kappa shape index (κ2) is 5.73. The van der Waals surface area contributed by atoms with Crippen LogP contribution in [0.3, 0.4) is 0 Å². The third kappa shape index (κ3) is 4.98. The minimum Gasteiger partial charge on any atom is -0.479 e. The number of carboxylic acids is 1. The van der Waals surface area contributed by atoms with E-state index in [1.807, 2.05) is 0 Å². The number of hydrogen-bond acceptors (Lipinski definition) is 4. The number of nitro groups is 1. The zero-order valence-electron chi connectivity index (χ0n) is 8.84. The standard InChI is InChI=1S/C7H15N5O4/c1-7(5(13)14,11-12(15)16)3-2-4-10-6(8)9/h11H,2-4H2,1H3,(H,13,14)(H4,8,9,10). The lowest BCUT2D eigenvalue weighted by Crippen LogP contribution is -2.52. The fourth-order valence-corrected chi connectivity index (χ4v) is 1.05. The van der Waals surface area contributed by atoms with Crippen LogP contribution in [-0.4, -0.2) is 34.2 Å². The minimum absolute atomic E-state index is 0.0418. The molecule has 0 aliphatic heterocycles. The number of hydrazine groups is 1. The van der Waals surface area contributed by atoms with Gasteiger partial charge in [-0.2, -0.15) is 0 Å². The molecule has 0 rings (SSSR count). The van der Waals surface area contributed by atoms with Crippen molar-refractivity contribution in [1.82, 2.24) is 5.43 Å². The van der Waals surface area contributed by atoms with Gasteiger partial charge in [0.1, 0.15) is 0 Å². The fraction of sp³-hybridized carbons (Fsp3) is 0.714. The van der Waals surface area contributed by atoms with Crippen LogP contribution in [-0.2, 0) is 4.79 Å². The number of guanidine groups is 1. The van der Waals surface area contributed by atoms with E-state index in [1.54, 1.807) is 5.43 Å². The Morgan fingerprint density at radius 2 is 2.19 bits per heavy atom. The van der Waals surface area contributed by atoms with Crippen LogP contribution in [0.25, 0.3) is 0 Å². The molecule has 0 heterocycles. The number of nitrogens with two attached hydrogens (primary N) is 2. The van der Waals surface area contributed by atoms with Crippen LogP contribution in [0, 0.1) is 10.1 Å². The second-order valence-electron chi connectivity index (χ2n) is 3.42. The van der Waals surface area contributed by atoms with Crippen LogP contribution >= 0.6 is 0 Å². The monoisotopic (exact) mass is 233 g/mol. The van der Waals surface area contributed by atoms with E-state index < -0.39 is 16.5 Å². The number of nitrogens with one attached hydrogen (secondary N) is 1. The molecule has 0 aromatic rings. The summed E-state index contributed by atoms with van der Waals surface area (Å²) in [5.74, 6) is -1.40. The number of aliphatic imine (C=N–C) groups is 1. The molecule has 0 amide bonds. The lowest BCUT2D eigenvalue weighted by Gasteiger charge is -2.20. The van der Waals surface area contributed by atoms with Crippen molar-refractivity contribution in [2.24, 2.45) is 16.5 Å². The summed E-state index contributed by atoms with van der Waals surface area (Å²) < 4.78 is 0. The van der Waals surface area contributed by atoms with Crippen molar-refractivity contribution in [3.05, 3.63) is 10.1 Å². The van der Waals surface area contributed by atoms with E-state index in [0.29, 0.717) is 6.42 Å². The summed E-state index contributed by atoms with van der Waals surface area (Å²) in [4.78, 5) is 24.7. The molecule has 1 atom stereocenters. The summed E-state index contributed by atoms with van der Waals surface area (Å²) >= 11 is 0. The highest BCUT2D eigenvalue weighted by Gasteiger charge is 2.37. The maximum Gasteiger partial charge on any atom is 0.334 e. The quantitative estimate of drug-likeness (QED) is 0.139. The average Bonchev–Trinajstić information content (AvgIpc) is 2.10. The Hall–Kier alpha value is -2.06. The fourth-order valence-electron chi connectivity index (χ4n) is 1.05. The van der Waals surface area contributed by atoms with Gasteiger partial charge in [0.05, 0.1) is 0 Å². The third-order valence-electron chi connectivity index (χ3n) is 1.94. The SMILES string of the molecule is CC(CCCN=C(N)N)(N[N+](=O)[O-])C(=O)O. The van der Waals surface area contributed by atoms with Gasteiger partial charge >= 0.3 is 5.97 Å². The van der Waals surface area contributed by atoms with Crippen molar-refractivity contribution in [1.29, 1.82) is 0 Å². The molecule has 92 valence electrons. The van der Waals surface area contributed by atoms with E-state index in [2.05, 4.69) is 4.99 Å². The number of carbonyl (C=O) groups is 1. The summed E-state index contributed by atoms with van der Waals surface area (Å²) in [5, 5.41) is 18.2. The number of nitrogens with zero attached hydrogens (tertiary/aromatic N) is 2. The van der Waals surface area contributed by atoms with E-state index in [-0.39, 0.29) is 18.9 Å². The second-order valence-corrected chi connectivity index (χ2v) is 3.42. The normalized spacial score (nSPS) is 13.6. The number of hydrogen-bond donors (Lipinski definition) is 4. The maximum atomic E-state index is 10.8. The lowest BCUT2D eigenvalue weighted by molar-refractivity contribution is -0.556. The van der Waals surface area contributed by atoms with Crippen LogP contribution in [0.1, 0.15) is 19.8 Å². The molecule has 0 aliphatic rings. The van der Waals surface area contributed by atoms with Gasteiger partial charge in [0, 0.05) is 6.54 Å². The summed E-state index contributed by atoms with van der Waals surface area (Å²) in [6.45, 7) is 1.46. The average molecular weight is 233 g/mol.